The van der Waals surface area contributed by atoms with Gasteiger partial charge in [-0.15, -0.1) is 0 Å². The molecular weight excluding hydrogens is 322 g/mol. The van der Waals surface area contributed by atoms with Crippen LogP contribution in [0, 0.1) is 12.8 Å². The number of aryl methyl sites for hydroxylation is 2. The lowest BCUT2D eigenvalue weighted by Crippen LogP contribution is -2.33. The SMILES string of the molecule is CCn1nc(C)c(Br)c1CN1C2CCC1C(C(=O)O)C2. The van der Waals surface area contributed by atoms with Gasteiger partial charge in [0.15, 0.2) is 0 Å². The smallest absolute Gasteiger partial charge is 0.308 e. The molecule has 6 heteroatoms. The summed E-state index contributed by atoms with van der Waals surface area (Å²) in [5, 5.41) is 13.8. The standard InChI is InChI=1S/C14H20BrN3O2/c1-3-18-12(13(15)8(2)16-18)7-17-9-4-5-11(17)10(6-9)14(19)20/h9-11H,3-7H2,1-2H3,(H,19,20). The molecule has 3 atom stereocenters. The van der Waals surface area contributed by atoms with Gasteiger partial charge in [-0.3, -0.25) is 14.4 Å². The molecule has 110 valence electrons. The topological polar surface area (TPSA) is 58.4 Å². The molecule has 3 unspecified atom stereocenters. The second-order valence-corrected chi connectivity index (χ2v) is 6.61. The van der Waals surface area contributed by atoms with E-state index in [2.05, 4.69) is 32.9 Å². The third kappa shape index (κ3) is 2.09. The van der Waals surface area contributed by atoms with Crippen molar-refractivity contribution in [1.29, 1.82) is 0 Å². The van der Waals surface area contributed by atoms with E-state index in [1.165, 1.54) is 5.69 Å². The number of carbonyl (C=O) groups is 1. The normalized spacial score (nSPS) is 29.2. The number of carboxylic acids is 1. The van der Waals surface area contributed by atoms with Gasteiger partial charge in [0, 0.05) is 25.2 Å². The van der Waals surface area contributed by atoms with Gasteiger partial charge >= 0.3 is 5.97 Å². The van der Waals surface area contributed by atoms with Gasteiger partial charge in [0.05, 0.1) is 21.8 Å². The van der Waals surface area contributed by atoms with Gasteiger partial charge in [-0.25, -0.2) is 0 Å². The average molecular weight is 342 g/mol. The van der Waals surface area contributed by atoms with Gasteiger partial charge in [0.25, 0.3) is 0 Å². The van der Waals surface area contributed by atoms with E-state index in [1.807, 2.05) is 11.6 Å². The summed E-state index contributed by atoms with van der Waals surface area (Å²) in [7, 11) is 0. The van der Waals surface area contributed by atoms with Crippen LogP contribution in [0.25, 0.3) is 0 Å². The van der Waals surface area contributed by atoms with Gasteiger partial charge in [-0.05, 0) is 49.0 Å². The zero-order chi connectivity index (χ0) is 14.4. The summed E-state index contributed by atoms with van der Waals surface area (Å²) in [6, 6.07) is 0.624. The molecular formula is C14H20BrN3O2. The minimum atomic E-state index is -0.638. The summed E-state index contributed by atoms with van der Waals surface area (Å²) in [6.07, 6.45) is 2.95. The largest absolute Gasteiger partial charge is 0.481 e. The van der Waals surface area contributed by atoms with Crippen LogP contribution in [-0.2, 0) is 17.9 Å². The number of rotatable bonds is 4. The summed E-state index contributed by atoms with van der Waals surface area (Å²) >= 11 is 3.63. The van der Waals surface area contributed by atoms with Crippen molar-refractivity contribution in [2.45, 2.75) is 58.3 Å². The Labute approximate surface area is 127 Å². The van der Waals surface area contributed by atoms with E-state index in [9.17, 15) is 9.90 Å². The summed E-state index contributed by atoms with van der Waals surface area (Å²) in [4.78, 5) is 13.7. The van der Waals surface area contributed by atoms with Crippen molar-refractivity contribution in [2.75, 3.05) is 0 Å². The molecule has 0 radical (unpaired) electrons. The number of hydrogen-bond acceptors (Lipinski definition) is 3. The summed E-state index contributed by atoms with van der Waals surface area (Å²) < 4.78 is 3.09. The first kappa shape index (κ1) is 14.1. The first-order valence-electron chi connectivity index (χ1n) is 7.23. The van der Waals surface area contributed by atoms with E-state index >= 15 is 0 Å². The molecule has 0 saturated carbocycles. The molecule has 3 rings (SSSR count). The lowest BCUT2D eigenvalue weighted by molar-refractivity contribution is -0.142. The fourth-order valence-electron chi connectivity index (χ4n) is 3.81. The Bertz CT molecular complexity index is 543. The Morgan fingerprint density at radius 3 is 2.85 bits per heavy atom. The van der Waals surface area contributed by atoms with Crippen LogP contribution in [-0.4, -0.2) is 37.8 Å². The molecule has 0 aliphatic carbocycles. The van der Waals surface area contributed by atoms with Gasteiger partial charge in [-0.2, -0.15) is 5.10 Å². The molecule has 2 bridgehead atoms. The molecule has 3 heterocycles. The number of halogens is 1. The second-order valence-electron chi connectivity index (χ2n) is 5.81. The van der Waals surface area contributed by atoms with Crippen LogP contribution < -0.4 is 0 Å². The van der Waals surface area contributed by atoms with Crippen molar-refractivity contribution in [3.8, 4) is 0 Å². The number of carboxylic acid groups (broad SMARTS) is 1. The number of aliphatic carboxylic acids is 1. The van der Waals surface area contributed by atoms with Crippen molar-refractivity contribution in [2.24, 2.45) is 5.92 Å². The summed E-state index contributed by atoms with van der Waals surface area (Å²) in [5.41, 5.74) is 2.18. The molecule has 2 aliphatic rings. The maximum atomic E-state index is 11.3. The molecule has 1 aromatic heterocycles. The highest BCUT2D eigenvalue weighted by atomic mass is 79.9. The highest BCUT2D eigenvalue weighted by Gasteiger charge is 2.49. The predicted octanol–water partition coefficient (Wildman–Crippen LogP) is 2.41. The molecule has 2 fully saturated rings. The minimum absolute atomic E-state index is 0.188. The number of aromatic nitrogens is 2. The first-order chi connectivity index (χ1) is 9.52. The van der Waals surface area contributed by atoms with Crippen LogP contribution in [0.5, 0.6) is 0 Å². The number of fused-ring (bicyclic) bond motifs is 2. The maximum absolute atomic E-state index is 11.3. The Hall–Kier alpha value is -0.880. The van der Waals surface area contributed by atoms with E-state index < -0.39 is 5.97 Å². The summed E-state index contributed by atoms with van der Waals surface area (Å²) in [5.74, 6) is -0.826. The van der Waals surface area contributed by atoms with Crippen LogP contribution in [0.4, 0.5) is 0 Å². The third-order valence-corrected chi connectivity index (χ3v) is 5.82. The quantitative estimate of drug-likeness (QED) is 0.913. The Morgan fingerprint density at radius 1 is 1.50 bits per heavy atom. The van der Waals surface area contributed by atoms with E-state index in [0.29, 0.717) is 6.04 Å². The van der Waals surface area contributed by atoms with Crippen molar-refractivity contribution < 1.29 is 9.90 Å². The zero-order valence-corrected chi connectivity index (χ0v) is 13.4. The zero-order valence-electron chi connectivity index (χ0n) is 11.8. The van der Waals surface area contributed by atoms with E-state index in [0.717, 1.165) is 42.5 Å². The molecule has 20 heavy (non-hydrogen) atoms. The molecule has 2 aliphatic heterocycles. The van der Waals surface area contributed by atoms with Crippen LogP contribution >= 0.6 is 15.9 Å². The van der Waals surface area contributed by atoms with Crippen molar-refractivity contribution >= 4 is 21.9 Å². The highest BCUT2D eigenvalue weighted by molar-refractivity contribution is 9.10. The van der Waals surface area contributed by atoms with Gasteiger partial charge < -0.3 is 5.11 Å². The monoisotopic (exact) mass is 341 g/mol. The van der Waals surface area contributed by atoms with Gasteiger partial charge in [0.2, 0.25) is 0 Å². The Kier molecular flexibility index (Phi) is 3.62. The van der Waals surface area contributed by atoms with Crippen LogP contribution in [0.1, 0.15) is 37.6 Å². The minimum Gasteiger partial charge on any atom is -0.481 e. The van der Waals surface area contributed by atoms with E-state index in [4.69, 9.17) is 0 Å². The second kappa shape index (κ2) is 5.15. The fourth-order valence-corrected chi connectivity index (χ4v) is 4.22. The molecule has 0 spiro atoms. The molecule has 1 N–H and O–H groups in total. The maximum Gasteiger partial charge on any atom is 0.308 e. The van der Waals surface area contributed by atoms with Crippen LogP contribution in [0.2, 0.25) is 0 Å². The van der Waals surface area contributed by atoms with Crippen LogP contribution in [0.3, 0.4) is 0 Å². The van der Waals surface area contributed by atoms with Crippen molar-refractivity contribution in [3.05, 3.63) is 15.9 Å². The Morgan fingerprint density at radius 2 is 2.25 bits per heavy atom. The fraction of sp³-hybridized carbons (Fsp3) is 0.714. The van der Waals surface area contributed by atoms with E-state index in [1.54, 1.807) is 0 Å². The first-order valence-corrected chi connectivity index (χ1v) is 8.02. The third-order valence-electron chi connectivity index (χ3n) is 4.78. The van der Waals surface area contributed by atoms with Crippen molar-refractivity contribution in [3.63, 3.8) is 0 Å². The molecule has 0 amide bonds. The molecule has 5 nitrogen and oxygen atoms in total. The average Bonchev–Trinajstić information content (AvgIpc) is 3.05. The van der Waals surface area contributed by atoms with Crippen LogP contribution in [0.15, 0.2) is 4.47 Å². The summed E-state index contributed by atoms with van der Waals surface area (Å²) in [6.45, 7) is 5.72. The highest BCUT2D eigenvalue weighted by Crippen LogP contribution is 2.43. The molecule has 0 aromatic carbocycles. The lowest BCUT2D eigenvalue weighted by atomic mass is 9.89. The van der Waals surface area contributed by atoms with Gasteiger partial charge in [0.1, 0.15) is 0 Å². The van der Waals surface area contributed by atoms with Crippen molar-refractivity contribution in [1.82, 2.24) is 14.7 Å². The molecule has 2 saturated heterocycles. The number of hydrogen-bond donors (Lipinski definition) is 1. The lowest BCUT2D eigenvalue weighted by Gasteiger charge is -2.23. The van der Waals surface area contributed by atoms with Gasteiger partial charge in [-0.1, -0.05) is 0 Å². The van der Waals surface area contributed by atoms with E-state index in [-0.39, 0.29) is 12.0 Å². The Balaban J connectivity index is 1.84. The molecule has 1 aromatic rings. The predicted molar refractivity (Wildman–Crippen MR) is 78.4 cm³/mol. The number of nitrogens with zero attached hydrogens (tertiary/aromatic N) is 3.